The number of esters is 2. The van der Waals surface area contributed by atoms with Gasteiger partial charge >= 0.3 is 18.0 Å². The van der Waals surface area contributed by atoms with E-state index in [1.165, 1.54) is 11.8 Å². The Morgan fingerprint density at radius 2 is 1.49 bits per heavy atom. The Balaban J connectivity index is 1.55. The minimum absolute atomic E-state index is 0.0669. The Labute approximate surface area is 270 Å². The summed E-state index contributed by atoms with van der Waals surface area (Å²) in [6.45, 7) is 2.73. The molecule has 2 aromatic rings. The minimum atomic E-state index is -1.61. The van der Waals surface area contributed by atoms with Gasteiger partial charge in [0, 0.05) is 30.2 Å². The normalized spacial score (nSPS) is 26.9. The predicted molar refractivity (Wildman–Crippen MR) is 164 cm³/mol. The van der Waals surface area contributed by atoms with E-state index < -0.39 is 66.9 Å². The second kappa shape index (κ2) is 17.2. The first kappa shape index (κ1) is 35.0. The van der Waals surface area contributed by atoms with E-state index in [1.54, 1.807) is 0 Å². The highest BCUT2D eigenvalue weighted by molar-refractivity contribution is 5.68. The molecule has 1 aliphatic carbocycles. The summed E-state index contributed by atoms with van der Waals surface area (Å²) in [5.41, 5.74) is 20.0. The van der Waals surface area contributed by atoms with E-state index >= 15 is 0 Å². The average Bonchev–Trinajstić information content (AvgIpc) is 3.05. The average molecular weight is 652 g/mol. The number of carbonyl (C=O) groups excluding carboxylic acids is 3. The van der Waals surface area contributed by atoms with Crippen molar-refractivity contribution in [3.8, 4) is 0 Å². The molecular weight excluding hydrogens is 614 g/mol. The van der Waals surface area contributed by atoms with Crippen molar-refractivity contribution in [2.75, 3.05) is 6.54 Å². The zero-order valence-corrected chi connectivity index (χ0v) is 26.0. The number of amides is 1. The van der Waals surface area contributed by atoms with Gasteiger partial charge in [0.15, 0.2) is 12.4 Å². The van der Waals surface area contributed by atoms with Crippen LogP contribution in [0.2, 0.25) is 0 Å². The Bertz CT molecular complexity index is 1450. The quantitative estimate of drug-likeness (QED) is 0.110. The van der Waals surface area contributed by atoms with Crippen molar-refractivity contribution in [2.24, 2.45) is 10.2 Å². The number of rotatable bonds is 12. The molecule has 8 atom stereocenters. The largest absolute Gasteiger partial charge is 0.459 e. The van der Waals surface area contributed by atoms with Gasteiger partial charge in [0.25, 0.3) is 0 Å². The van der Waals surface area contributed by atoms with Crippen molar-refractivity contribution in [1.82, 2.24) is 4.90 Å². The van der Waals surface area contributed by atoms with Crippen molar-refractivity contribution in [3.63, 3.8) is 0 Å². The third-order valence-corrected chi connectivity index (χ3v) is 7.73. The second-order valence-corrected chi connectivity index (χ2v) is 11.2. The Morgan fingerprint density at radius 3 is 2.09 bits per heavy atom. The summed E-state index contributed by atoms with van der Waals surface area (Å²) in [6, 6.07) is 16.5. The molecule has 2 aliphatic rings. The van der Waals surface area contributed by atoms with Gasteiger partial charge in [-0.1, -0.05) is 70.9 Å². The molecule has 0 aromatic heterocycles. The number of azide groups is 2. The van der Waals surface area contributed by atoms with Crippen LogP contribution in [0.5, 0.6) is 0 Å². The first-order valence-electron chi connectivity index (χ1n) is 15.1. The highest BCUT2D eigenvalue weighted by Crippen LogP contribution is 2.34. The van der Waals surface area contributed by atoms with E-state index in [2.05, 4.69) is 20.1 Å². The van der Waals surface area contributed by atoms with Gasteiger partial charge in [-0.15, -0.1) is 0 Å². The van der Waals surface area contributed by atoms with Crippen LogP contribution >= 0.6 is 0 Å². The summed E-state index contributed by atoms with van der Waals surface area (Å²) in [5, 5.41) is 18.6. The van der Waals surface area contributed by atoms with Crippen LogP contribution < -0.4 is 0 Å². The van der Waals surface area contributed by atoms with E-state index in [-0.39, 0.29) is 32.5 Å². The Kier molecular flexibility index (Phi) is 12.8. The summed E-state index contributed by atoms with van der Waals surface area (Å²) >= 11 is 0. The molecule has 16 nitrogen and oxygen atoms in total. The van der Waals surface area contributed by atoms with Gasteiger partial charge in [0.05, 0.1) is 30.8 Å². The number of hydrogen-bond acceptors (Lipinski definition) is 11. The zero-order chi connectivity index (χ0) is 33.8. The maximum atomic E-state index is 13.4. The lowest BCUT2D eigenvalue weighted by Crippen LogP contribution is -2.59. The number of carbonyl (C=O) groups is 3. The van der Waals surface area contributed by atoms with Crippen LogP contribution in [0.15, 0.2) is 70.9 Å². The monoisotopic (exact) mass is 651 g/mol. The van der Waals surface area contributed by atoms with Crippen LogP contribution in [0.4, 0.5) is 4.79 Å². The van der Waals surface area contributed by atoms with Crippen molar-refractivity contribution >= 4 is 18.0 Å². The lowest BCUT2D eigenvalue weighted by molar-refractivity contribution is -0.284. The summed E-state index contributed by atoms with van der Waals surface area (Å²) in [7, 11) is 0. The predicted octanol–water partition coefficient (Wildman–Crippen LogP) is 4.70. The molecule has 1 amide bonds. The smallest absolute Gasteiger partial charge is 0.410 e. The molecular formula is C31H37N7O9. The Morgan fingerprint density at radius 1 is 0.894 bits per heavy atom. The number of aliphatic hydroxyl groups excluding tert-OH is 1. The van der Waals surface area contributed by atoms with Gasteiger partial charge in [-0.3, -0.25) is 9.59 Å². The number of benzene rings is 2. The molecule has 0 radical (unpaired) electrons. The minimum Gasteiger partial charge on any atom is -0.459 e. The number of nitrogens with zero attached hydrogens (tertiary/aromatic N) is 7. The molecule has 1 saturated heterocycles. The first-order chi connectivity index (χ1) is 22.7. The van der Waals surface area contributed by atoms with Gasteiger partial charge in [0.2, 0.25) is 0 Å². The highest BCUT2D eigenvalue weighted by Gasteiger charge is 2.49. The maximum Gasteiger partial charge on any atom is 0.410 e. The zero-order valence-electron chi connectivity index (χ0n) is 26.0. The summed E-state index contributed by atoms with van der Waals surface area (Å²) in [4.78, 5) is 44.3. The first-order valence-corrected chi connectivity index (χ1v) is 15.1. The van der Waals surface area contributed by atoms with Crippen LogP contribution in [0.1, 0.15) is 44.2 Å². The van der Waals surface area contributed by atoms with E-state index in [4.69, 9.17) is 29.2 Å². The highest BCUT2D eigenvalue weighted by atomic mass is 16.7. The second-order valence-electron chi connectivity index (χ2n) is 11.2. The molecule has 250 valence electrons. The molecule has 2 unspecified atom stereocenters. The number of hydrogen-bond donors (Lipinski definition) is 1. The van der Waals surface area contributed by atoms with Gasteiger partial charge in [0.1, 0.15) is 18.8 Å². The van der Waals surface area contributed by atoms with E-state index in [1.807, 2.05) is 60.7 Å². The maximum absolute atomic E-state index is 13.4. The fourth-order valence-corrected chi connectivity index (χ4v) is 5.66. The van der Waals surface area contributed by atoms with Crippen molar-refractivity contribution in [1.29, 1.82) is 0 Å². The van der Waals surface area contributed by atoms with Crippen molar-refractivity contribution in [2.45, 2.75) is 95.2 Å². The van der Waals surface area contributed by atoms with Crippen LogP contribution in [0, 0.1) is 0 Å². The number of aliphatic hydroxyl groups is 1. The lowest BCUT2D eigenvalue weighted by Gasteiger charge is -2.44. The molecule has 1 N–H and O–H groups in total. The van der Waals surface area contributed by atoms with E-state index in [0.717, 1.165) is 18.1 Å². The molecule has 0 spiro atoms. The SMILES string of the molecule is CC(=O)O[C@@H]1CC[C@@H](CN(Cc2ccccc2)C(=O)OCc2ccccc2)O[C@@H]1O[C@@H]1C(N=[N+]=[N-])CC(N=[N+]=[N-])[C@H](OC(C)=O)[C@H]1O. The molecule has 16 heteroatoms. The fraction of sp³-hybridized carbons (Fsp3) is 0.516. The van der Waals surface area contributed by atoms with Gasteiger partial charge in [-0.25, -0.2) is 4.79 Å². The van der Waals surface area contributed by atoms with Crippen LogP contribution in [0.25, 0.3) is 20.9 Å². The molecule has 1 heterocycles. The standard InChI is InChI=1S/C31H37N7O9/c1-19(39)44-26-14-13-23(17-38(16-21-9-5-3-6-10-21)31(42)43-18-22-11-7-4-8-12-22)46-30(26)47-29-25(35-37-33)15-24(34-36-32)28(27(29)41)45-20(2)40/h3-12,23-30,41H,13-18H2,1-2H3/t23-,24?,25?,26+,27+,28-,29+,30+/m0/s1. The van der Waals surface area contributed by atoms with Crippen LogP contribution in [-0.4, -0.2) is 83.5 Å². The molecule has 1 aliphatic heterocycles. The lowest BCUT2D eigenvalue weighted by atomic mass is 9.84. The molecule has 2 aromatic carbocycles. The van der Waals surface area contributed by atoms with Crippen LogP contribution in [0.3, 0.4) is 0 Å². The van der Waals surface area contributed by atoms with Gasteiger partial charge in [-0.2, -0.15) is 0 Å². The van der Waals surface area contributed by atoms with Gasteiger partial charge < -0.3 is 33.7 Å². The van der Waals surface area contributed by atoms with Crippen molar-refractivity contribution in [3.05, 3.63) is 92.7 Å². The number of ether oxygens (including phenoxy) is 5. The Hall–Kier alpha value is -4.85. The third-order valence-electron chi connectivity index (χ3n) is 7.73. The fourth-order valence-electron chi connectivity index (χ4n) is 5.66. The molecule has 4 rings (SSSR count). The molecule has 47 heavy (non-hydrogen) atoms. The molecule has 1 saturated carbocycles. The van der Waals surface area contributed by atoms with E-state index in [9.17, 15) is 25.0 Å². The molecule has 2 fully saturated rings. The van der Waals surface area contributed by atoms with Gasteiger partial charge in [-0.05, 0) is 41.5 Å². The third kappa shape index (κ3) is 10.1. The summed E-state index contributed by atoms with van der Waals surface area (Å²) < 4.78 is 28.8. The molecule has 0 bridgehead atoms. The van der Waals surface area contributed by atoms with Crippen molar-refractivity contribution < 1.29 is 43.2 Å². The van der Waals surface area contributed by atoms with Crippen LogP contribution in [-0.2, 0) is 46.4 Å². The van der Waals surface area contributed by atoms with E-state index in [0.29, 0.717) is 6.42 Å². The summed E-state index contributed by atoms with van der Waals surface area (Å²) in [5.74, 6) is -1.34. The topological polar surface area (TPSA) is 218 Å². The summed E-state index contributed by atoms with van der Waals surface area (Å²) in [6.07, 6.45) is -7.08.